The Bertz CT molecular complexity index is 571. The fraction of sp³-hybridized carbons (Fsp3) is 0.579. The van der Waals surface area contributed by atoms with Crippen molar-refractivity contribution in [3.8, 4) is 0 Å². The Kier molecular flexibility index (Phi) is 4.81. The van der Waals surface area contributed by atoms with E-state index in [-0.39, 0.29) is 30.7 Å². The molecule has 1 unspecified atom stereocenters. The number of hydrogen-bond donors (Lipinski definition) is 1. The van der Waals surface area contributed by atoms with Gasteiger partial charge in [0.1, 0.15) is 17.8 Å². The Morgan fingerprint density at radius 3 is 2.48 bits per heavy atom. The van der Waals surface area contributed by atoms with Crippen LogP contribution in [0.2, 0.25) is 0 Å². The number of aryl methyl sites for hydroxylation is 1. The Labute approximate surface area is 136 Å². The van der Waals surface area contributed by atoms with Crippen molar-refractivity contribution in [2.24, 2.45) is 5.92 Å². The summed E-state index contributed by atoms with van der Waals surface area (Å²) in [6.07, 6.45) is 5.99. The summed E-state index contributed by atoms with van der Waals surface area (Å²) in [5, 5.41) is 9.48. The maximum atomic E-state index is 12.0. The zero-order valence-corrected chi connectivity index (χ0v) is 13.4. The van der Waals surface area contributed by atoms with E-state index in [1.54, 1.807) is 0 Å². The molecular formula is C19H24O4. The van der Waals surface area contributed by atoms with E-state index < -0.39 is 5.60 Å². The molecule has 0 bridgehead atoms. The average molecular weight is 316 g/mol. The molecule has 1 atom stereocenters. The minimum atomic E-state index is -0.633. The summed E-state index contributed by atoms with van der Waals surface area (Å²) < 4.78 is 5.80. The number of ketones is 1. The lowest BCUT2D eigenvalue weighted by Gasteiger charge is -2.41. The van der Waals surface area contributed by atoms with E-state index in [4.69, 9.17) is 4.74 Å². The van der Waals surface area contributed by atoms with Crippen LogP contribution in [-0.4, -0.2) is 22.5 Å². The molecule has 124 valence electrons. The summed E-state index contributed by atoms with van der Waals surface area (Å²) in [5.41, 5.74) is 1.34. The number of Topliss-reactive ketones (excluding diaryl/α,β-unsaturated/α-hetero) is 1. The first kappa shape index (κ1) is 16.2. The standard InChI is InChI=1S/C19H24O4/c20-13-15-6-2-1-5-14(15)9-10-19(16-7-3-4-8-16)12-17(21)11-18(22)23-19/h1-2,5-6,16,20H,3-4,7-13H2. The monoisotopic (exact) mass is 316 g/mol. The molecule has 4 heteroatoms. The van der Waals surface area contributed by atoms with Gasteiger partial charge >= 0.3 is 5.97 Å². The molecule has 1 N–H and O–H groups in total. The highest BCUT2D eigenvalue weighted by Gasteiger charge is 2.47. The van der Waals surface area contributed by atoms with Crippen LogP contribution in [-0.2, 0) is 27.4 Å². The topological polar surface area (TPSA) is 63.6 Å². The number of esters is 1. The minimum absolute atomic E-state index is 0.00333. The predicted octanol–water partition coefficient (Wildman–Crippen LogP) is 2.95. The quantitative estimate of drug-likeness (QED) is 0.670. The van der Waals surface area contributed by atoms with E-state index in [0.29, 0.717) is 19.3 Å². The molecule has 0 spiro atoms. The first-order valence-corrected chi connectivity index (χ1v) is 8.54. The molecule has 1 aliphatic heterocycles. The summed E-state index contributed by atoms with van der Waals surface area (Å²) in [6.45, 7) is 0.00528. The van der Waals surface area contributed by atoms with Crippen LogP contribution in [0.1, 0.15) is 56.1 Å². The number of carbonyl (C=O) groups excluding carboxylic acids is 2. The molecule has 1 aromatic rings. The molecule has 2 aliphatic rings. The fourth-order valence-electron chi connectivity index (χ4n) is 4.18. The molecule has 0 aromatic heterocycles. The summed E-state index contributed by atoms with van der Waals surface area (Å²) in [4.78, 5) is 23.9. The number of aliphatic hydroxyl groups excluding tert-OH is 1. The molecule has 1 aromatic carbocycles. The minimum Gasteiger partial charge on any atom is -0.458 e. The van der Waals surface area contributed by atoms with Crippen molar-refractivity contribution in [3.05, 3.63) is 35.4 Å². The van der Waals surface area contributed by atoms with E-state index in [1.807, 2.05) is 24.3 Å². The Balaban J connectivity index is 1.81. The predicted molar refractivity (Wildman–Crippen MR) is 85.7 cm³/mol. The van der Waals surface area contributed by atoms with Gasteiger partial charge in [0.05, 0.1) is 6.61 Å². The van der Waals surface area contributed by atoms with E-state index in [9.17, 15) is 14.7 Å². The van der Waals surface area contributed by atoms with Crippen molar-refractivity contribution in [1.82, 2.24) is 0 Å². The first-order valence-electron chi connectivity index (χ1n) is 8.54. The van der Waals surface area contributed by atoms with Crippen molar-refractivity contribution in [2.45, 2.75) is 63.6 Å². The third-order valence-corrected chi connectivity index (χ3v) is 5.36. The highest BCUT2D eigenvalue weighted by molar-refractivity contribution is 5.98. The van der Waals surface area contributed by atoms with Gasteiger partial charge in [-0.25, -0.2) is 0 Å². The highest BCUT2D eigenvalue weighted by Crippen LogP contribution is 2.44. The van der Waals surface area contributed by atoms with Crippen molar-refractivity contribution in [1.29, 1.82) is 0 Å². The summed E-state index contributed by atoms with van der Waals surface area (Å²) in [6, 6.07) is 7.77. The van der Waals surface area contributed by atoms with E-state index in [2.05, 4.69) is 0 Å². The van der Waals surface area contributed by atoms with Crippen LogP contribution in [0.15, 0.2) is 24.3 Å². The average Bonchev–Trinajstić information content (AvgIpc) is 3.07. The normalized spacial score (nSPS) is 25.6. The number of rotatable bonds is 5. The molecular weight excluding hydrogens is 292 g/mol. The highest BCUT2D eigenvalue weighted by atomic mass is 16.6. The van der Waals surface area contributed by atoms with Crippen LogP contribution < -0.4 is 0 Å². The summed E-state index contributed by atoms with van der Waals surface area (Å²) in [7, 11) is 0. The Morgan fingerprint density at radius 2 is 1.83 bits per heavy atom. The van der Waals surface area contributed by atoms with Gasteiger partial charge in [-0.15, -0.1) is 0 Å². The van der Waals surface area contributed by atoms with Crippen LogP contribution in [0.3, 0.4) is 0 Å². The largest absolute Gasteiger partial charge is 0.458 e. The molecule has 1 heterocycles. The zero-order chi connectivity index (χ0) is 16.3. The van der Waals surface area contributed by atoms with Gasteiger partial charge in [-0.2, -0.15) is 0 Å². The van der Waals surface area contributed by atoms with Crippen molar-refractivity contribution < 1.29 is 19.4 Å². The van der Waals surface area contributed by atoms with Crippen LogP contribution in [0, 0.1) is 5.92 Å². The second-order valence-corrected chi connectivity index (χ2v) is 6.84. The van der Waals surface area contributed by atoms with Gasteiger partial charge in [-0.3, -0.25) is 9.59 Å². The van der Waals surface area contributed by atoms with Gasteiger partial charge in [0.15, 0.2) is 0 Å². The lowest BCUT2D eigenvalue weighted by Crippen LogP contribution is -2.48. The van der Waals surface area contributed by atoms with E-state index >= 15 is 0 Å². The molecule has 1 aliphatic carbocycles. The van der Waals surface area contributed by atoms with E-state index in [0.717, 1.165) is 36.8 Å². The van der Waals surface area contributed by atoms with Crippen LogP contribution >= 0.6 is 0 Å². The molecule has 0 amide bonds. The Hall–Kier alpha value is -1.68. The number of benzene rings is 1. The lowest BCUT2D eigenvalue weighted by molar-refractivity contribution is -0.178. The molecule has 1 saturated carbocycles. The summed E-state index contributed by atoms with van der Waals surface area (Å²) in [5.74, 6) is -0.0795. The molecule has 0 radical (unpaired) electrons. The fourth-order valence-corrected chi connectivity index (χ4v) is 4.18. The van der Waals surface area contributed by atoms with Gasteiger partial charge in [-0.05, 0) is 42.7 Å². The third-order valence-electron chi connectivity index (χ3n) is 5.36. The van der Waals surface area contributed by atoms with Gasteiger partial charge in [0.2, 0.25) is 0 Å². The van der Waals surface area contributed by atoms with Gasteiger partial charge in [-0.1, -0.05) is 37.1 Å². The smallest absolute Gasteiger partial charge is 0.313 e. The van der Waals surface area contributed by atoms with Crippen molar-refractivity contribution in [2.75, 3.05) is 0 Å². The first-order chi connectivity index (χ1) is 11.1. The molecule has 3 rings (SSSR count). The molecule has 1 saturated heterocycles. The number of cyclic esters (lactones) is 1. The van der Waals surface area contributed by atoms with Crippen LogP contribution in [0.25, 0.3) is 0 Å². The maximum absolute atomic E-state index is 12.0. The zero-order valence-electron chi connectivity index (χ0n) is 13.4. The second-order valence-electron chi connectivity index (χ2n) is 6.84. The van der Waals surface area contributed by atoms with Crippen molar-refractivity contribution in [3.63, 3.8) is 0 Å². The molecule has 4 nitrogen and oxygen atoms in total. The van der Waals surface area contributed by atoms with Crippen LogP contribution in [0.4, 0.5) is 0 Å². The van der Waals surface area contributed by atoms with E-state index in [1.165, 1.54) is 0 Å². The number of hydrogen-bond acceptors (Lipinski definition) is 4. The van der Waals surface area contributed by atoms with Crippen LogP contribution in [0.5, 0.6) is 0 Å². The second kappa shape index (κ2) is 6.83. The lowest BCUT2D eigenvalue weighted by atomic mass is 9.76. The maximum Gasteiger partial charge on any atom is 0.313 e. The number of carbonyl (C=O) groups is 2. The molecule has 23 heavy (non-hydrogen) atoms. The SMILES string of the molecule is O=C1CC(=O)OC(CCc2ccccc2CO)(C2CCCC2)C1. The molecule has 2 fully saturated rings. The number of aliphatic hydroxyl groups is 1. The van der Waals surface area contributed by atoms with Gasteiger partial charge in [0.25, 0.3) is 0 Å². The summed E-state index contributed by atoms with van der Waals surface area (Å²) >= 11 is 0. The third kappa shape index (κ3) is 3.47. The Morgan fingerprint density at radius 1 is 1.13 bits per heavy atom. The number of ether oxygens (including phenoxy) is 1. The van der Waals surface area contributed by atoms with Crippen molar-refractivity contribution >= 4 is 11.8 Å². The van der Waals surface area contributed by atoms with Gasteiger partial charge in [0, 0.05) is 6.42 Å². The van der Waals surface area contributed by atoms with Gasteiger partial charge < -0.3 is 9.84 Å².